The van der Waals surface area contributed by atoms with Gasteiger partial charge in [-0.15, -0.1) is 0 Å². The average molecular weight is 546 g/mol. The summed E-state index contributed by atoms with van der Waals surface area (Å²) in [5.74, 6) is -0.00251. The summed E-state index contributed by atoms with van der Waals surface area (Å²) in [6.07, 6.45) is 3.38. The van der Waals surface area contributed by atoms with Crippen LogP contribution in [0.1, 0.15) is 30.0 Å². The van der Waals surface area contributed by atoms with Crippen LogP contribution in [0.25, 0.3) is 0 Å². The van der Waals surface area contributed by atoms with E-state index in [2.05, 4.69) is 15.6 Å². The maximum absolute atomic E-state index is 13.0. The highest BCUT2D eigenvalue weighted by molar-refractivity contribution is 5.97. The van der Waals surface area contributed by atoms with Gasteiger partial charge in [0.25, 0.3) is 0 Å². The molecule has 206 valence electrons. The molecule has 4 amide bonds. The number of anilines is 2. The van der Waals surface area contributed by atoms with Crippen LogP contribution in [-0.4, -0.2) is 58.7 Å². The van der Waals surface area contributed by atoms with Crippen molar-refractivity contribution in [3.05, 3.63) is 78.1 Å². The van der Waals surface area contributed by atoms with Gasteiger partial charge < -0.3 is 35.0 Å². The lowest BCUT2D eigenvalue weighted by atomic mass is 10.0. The van der Waals surface area contributed by atoms with Crippen molar-refractivity contribution in [1.82, 2.24) is 15.2 Å². The van der Waals surface area contributed by atoms with Crippen LogP contribution in [0.4, 0.5) is 16.2 Å². The lowest BCUT2D eigenvalue weighted by Crippen LogP contribution is -2.40. The molecule has 2 atom stereocenters. The Morgan fingerprint density at radius 2 is 2.00 bits per heavy atom. The Kier molecular flexibility index (Phi) is 7.76. The predicted molar refractivity (Wildman–Crippen MR) is 143 cm³/mol. The molecule has 40 heavy (non-hydrogen) atoms. The molecular formula is C28H27N5O7. The van der Waals surface area contributed by atoms with Crippen LogP contribution >= 0.6 is 0 Å². The lowest BCUT2D eigenvalue weighted by Gasteiger charge is -2.32. The monoisotopic (exact) mass is 545 g/mol. The molecule has 0 saturated carbocycles. The molecule has 0 radical (unpaired) electrons. The van der Waals surface area contributed by atoms with E-state index >= 15 is 0 Å². The number of nitrogens with one attached hydrogen (secondary N) is 2. The van der Waals surface area contributed by atoms with Gasteiger partial charge in [-0.1, -0.05) is 18.2 Å². The second-order valence-electron chi connectivity index (χ2n) is 9.36. The lowest BCUT2D eigenvalue weighted by molar-refractivity contribution is -0.139. The van der Waals surface area contributed by atoms with E-state index < -0.39 is 24.1 Å². The molecule has 1 saturated heterocycles. The summed E-state index contributed by atoms with van der Waals surface area (Å²) in [6, 6.07) is 13.9. The van der Waals surface area contributed by atoms with Crippen molar-refractivity contribution < 1.29 is 33.8 Å². The minimum absolute atomic E-state index is 0.0306. The van der Waals surface area contributed by atoms with Gasteiger partial charge in [0.15, 0.2) is 11.5 Å². The number of carboxylic acid groups (broad SMARTS) is 1. The third kappa shape index (κ3) is 5.96. The highest BCUT2D eigenvalue weighted by atomic mass is 16.7. The first-order valence-electron chi connectivity index (χ1n) is 12.6. The van der Waals surface area contributed by atoms with Crippen LogP contribution in [0.2, 0.25) is 0 Å². The van der Waals surface area contributed by atoms with E-state index in [1.807, 2.05) is 6.07 Å². The van der Waals surface area contributed by atoms with Gasteiger partial charge in [0.05, 0.1) is 18.5 Å². The van der Waals surface area contributed by atoms with Crippen molar-refractivity contribution in [1.29, 1.82) is 0 Å². The minimum atomic E-state index is -1.07. The molecule has 0 aliphatic carbocycles. The Bertz CT molecular complexity index is 1420. The average Bonchev–Trinajstić information content (AvgIpc) is 3.58. The van der Waals surface area contributed by atoms with Gasteiger partial charge >= 0.3 is 12.0 Å². The molecule has 3 heterocycles. The summed E-state index contributed by atoms with van der Waals surface area (Å²) in [6.45, 7) is 0.613. The molecule has 2 unspecified atom stereocenters. The summed E-state index contributed by atoms with van der Waals surface area (Å²) in [5, 5.41) is 15.0. The number of rotatable bonds is 10. The summed E-state index contributed by atoms with van der Waals surface area (Å²) >= 11 is 0. The van der Waals surface area contributed by atoms with E-state index in [4.69, 9.17) is 9.47 Å². The first kappa shape index (κ1) is 26.5. The molecule has 12 heteroatoms. The van der Waals surface area contributed by atoms with E-state index in [1.165, 1.54) is 16.0 Å². The molecule has 5 rings (SSSR count). The van der Waals surface area contributed by atoms with E-state index in [0.717, 1.165) is 5.56 Å². The van der Waals surface area contributed by atoms with Gasteiger partial charge in [-0.2, -0.15) is 0 Å². The largest absolute Gasteiger partial charge is 0.481 e. The van der Waals surface area contributed by atoms with E-state index in [0.29, 0.717) is 34.8 Å². The zero-order valence-electron chi connectivity index (χ0n) is 21.4. The van der Waals surface area contributed by atoms with Crippen LogP contribution in [0.5, 0.6) is 11.5 Å². The fraction of sp³-hybridized carbons (Fsp3) is 0.250. The molecule has 12 nitrogen and oxygen atoms in total. The molecule has 0 spiro atoms. The second-order valence-corrected chi connectivity index (χ2v) is 9.36. The fourth-order valence-corrected chi connectivity index (χ4v) is 4.85. The van der Waals surface area contributed by atoms with Crippen molar-refractivity contribution in [3.63, 3.8) is 0 Å². The SMILES string of the molecule is O=CN(C1CC(=O)N(c2cccc(NC(=O)NCc3ccc4c(c3)OCO4)c2)C1)C(CC(=O)O)c1cccnc1. The van der Waals surface area contributed by atoms with Crippen LogP contribution in [0, 0.1) is 0 Å². The first-order valence-corrected chi connectivity index (χ1v) is 12.6. The van der Waals surface area contributed by atoms with Gasteiger partial charge in [-0.3, -0.25) is 19.4 Å². The number of carbonyl (C=O) groups excluding carboxylic acids is 3. The first-order chi connectivity index (χ1) is 19.4. The highest BCUT2D eigenvalue weighted by Crippen LogP contribution is 2.33. The van der Waals surface area contributed by atoms with E-state index in [9.17, 15) is 24.3 Å². The Morgan fingerprint density at radius 1 is 1.15 bits per heavy atom. The number of hydrogen-bond acceptors (Lipinski definition) is 7. The smallest absolute Gasteiger partial charge is 0.319 e. The Morgan fingerprint density at radius 3 is 2.77 bits per heavy atom. The number of hydrogen-bond donors (Lipinski definition) is 3. The van der Waals surface area contributed by atoms with E-state index in [-0.39, 0.29) is 38.6 Å². The van der Waals surface area contributed by atoms with Gasteiger partial charge in [-0.05, 0) is 47.5 Å². The summed E-state index contributed by atoms with van der Waals surface area (Å²) in [4.78, 5) is 56.2. The van der Waals surface area contributed by atoms with Crippen LogP contribution in [0.15, 0.2) is 67.0 Å². The van der Waals surface area contributed by atoms with Crippen LogP contribution in [0.3, 0.4) is 0 Å². The number of fused-ring (bicyclic) bond motifs is 1. The molecule has 0 bridgehead atoms. The number of pyridine rings is 1. The number of ether oxygens (including phenoxy) is 2. The van der Waals surface area contributed by atoms with Crippen LogP contribution < -0.4 is 25.0 Å². The van der Waals surface area contributed by atoms with Crippen molar-refractivity contribution in [2.75, 3.05) is 23.6 Å². The topological polar surface area (TPSA) is 150 Å². The van der Waals surface area contributed by atoms with Gasteiger partial charge in [0.2, 0.25) is 19.1 Å². The number of aromatic nitrogens is 1. The summed E-state index contributed by atoms with van der Waals surface area (Å²) < 4.78 is 10.7. The summed E-state index contributed by atoms with van der Waals surface area (Å²) in [5.41, 5.74) is 2.43. The van der Waals surface area contributed by atoms with Crippen LogP contribution in [-0.2, 0) is 20.9 Å². The minimum Gasteiger partial charge on any atom is -0.481 e. The maximum atomic E-state index is 13.0. The molecule has 3 aromatic rings. The zero-order valence-corrected chi connectivity index (χ0v) is 21.4. The predicted octanol–water partition coefficient (Wildman–Crippen LogP) is 2.91. The van der Waals surface area contributed by atoms with Gasteiger partial charge in [-0.25, -0.2) is 4.79 Å². The van der Waals surface area contributed by atoms with E-state index in [1.54, 1.807) is 54.7 Å². The highest BCUT2D eigenvalue weighted by Gasteiger charge is 2.38. The van der Waals surface area contributed by atoms with Crippen molar-refractivity contribution in [2.24, 2.45) is 0 Å². The molecule has 1 aromatic heterocycles. The van der Waals surface area contributed by atoms with Gasteiger partial charge in [0.1, 0.15) is 0 Å². The molecule has 3 N–H and O–H groups in total. The molecular weight excluding hydrogens is 518 g/mol. The Hall–Kier alpha value is -5.13. The standard InChI is InChI=1S/C28H27N5O7/c34-16-33(23(12-27(36)37)19-3-2-8-29-14-19)22-11-26(35)32(15-22)21-5-1-4-20(10-21)31-28(38)30-13-18-6-7-24-25(9-18)40-17-39-24/h1-10,14,16,22-23H,11-13,15,17H2,(H,36,37)(H2,30,31,38). The maximum Gasteiger partial charge on any atom is 0.319 e. The third-order valence-electron chi connectivity index (χ3n) is 6.75. The van der Waals surface area contributed by atoms with Gasteiger partial charge in [0, 0.05) is 43.3 Å². The fourth-order valence-electron chi connectivity index (χ4n) is 4.85. The molecule has 2 aliphatic rings. The molecule has 2 aliphatic heterocycles. The molecule has 2 aromatic carbocycles. The normalized spacial score (nSPS) is 16.4. The Labute approximate surface area is 229 Å². The summed E-state index contributed by atoms with van der Waals surface area (Å²) in [7, 11) is 0. The molecule has 1 fully saturated rings. The number of aliphatic carboxylic acids is 1. The number of benzene rings is 2. The second kappa shape index (κ2) is 11.7. The number of carboxylic acids is 1. The number of carbonyl (C=O) groups is 4. The quantitative estimate of drug-likeness (QED) is 0.329. The zero-order chi connectivity index (χ0) is 28.1. The van der Waals surface area contributed by atoms with Crippen molar-refractivity contribution in [2.45, 2.75) is 31.5 Å². The van der Waals surface area contributed by atoms with Crippen molar-refractivity contribution in [3.8, 4) is 11.5 Å². The van der Waals surface area contributed by atoms with Crippen molar-refractivity contribution >= 4 is 35.7 Å². The number of urea groups is 1. The number of amides is 4. The third-order valence-corrected chi connectivity index (χ3v) is 6.75. The number of nitrogens with zero attached hydrogens (tertiary/aromatic N) is 3. The Balaban J connectivity index is 1.24.